The largest absolute Gasteiger partial charge is 0.106 e. The Balaban J connectivity index is 0.000000218. The van der Waals surface area contributed by atoms with E-state index in [9.17, 15) is 0 Å². The summed E-state index contributed by atoms with van der Waals surface area (Å²) in [5.74, 6) is 0. The van der Waals surface area contributed by atoms with Gasteiger partial charge in [-0.2, -0.15) is 0 Å². The molecule has 0 aromatic heterocycles. The summed E-state index contributed by atoms with van der Waals surface area (Å²) in [6.07, 6.45) is 0. The van der Waals surface area contributed by atoms with E-state index < -0.39 is 0 Å². The second-order valence-corrected chi connectivity index (χ2v) is 3.78. The van der Waals surface area contributed by atoms with Gasteiger partial charge in [-0.1, -0.05) is 29.8 Å². The Hall–Kier alpha value is 0.0900. The fourth-order valence-corrected chi connectivity index (χ4v) is 0.560. The summed E-state index contributed by atoms with van der Waals surface area (Å²) in [4.78, 5) is -0.222. The zero-order valence-corrected chi connectivity index (χ0v) is 8.37. The predicted octanol–water partition coefficient (Wildman–Crippen LogP) is 4.15. The van der Waals surface area contributed by atoms with Crippen LogP contribution in [0.4, 0.5) is 0 Å². The molecule has 0 N–H and O–H groups in total. The number of hydrogen-bond acceptors (Lipinski definition) is 0. The molecule has 1 aromatic carbocycles. The van der Waals surface area contributed by atoms with Gasteiger partial charge in [0.25, 0.3) is 0 Å². The van der Waals surface area contributed by atoms with Crippen LogP contribution in [0.25, 0.3) is 0 Å². The smallest absolute Gasteiger partial charge is 0.105 e. The molecule has 1 aromatic rings. The first-order valence-electron chi connectivity index (χ1n) is 3.11. The molecule has 0 fully saturated rings. The van der Waals surface area contributed by atoms with Crippen molar-refractivity contribution in [3.63, 3.8) is 0 Å². The molecule has 0 unspecified atom stereocenters. The average molecular weight is 212 g/mol. The van der Waals surface area contributed by atoms with Gasteiger partial charge < -0.3 is 0 Å². The highest BCUT2D eigenvalue weighted by molar-refractivity contribution is 6.43. The number of alkyl halides is 2. The Bertz CT molecular complexity index is 169. The van der Waals surface area contributed by atoms with E-state index in [0.717, 1.165) is 5.02 Å². The molecule has 0 radical (unpaired) electrons. The molecule has 62 valence electrons. The first kappa shape index (κ1) is 11.1. The van der Waals surface area contributed by atoms with E-state index in [2.05, 4.69) is 0 Å². The summed E-state index contributed by atoms with van der Waals surface area (Å²) in [6, 6.07) is 9.44. The van der Waals surface area contributed by atoms with Gasteiger partial charge in [-0.15, -0.1) is 23.2 Å². The second kappa shape index (κ2) is 6.78. The monoisotopic (exact) mass is 210 g/mol. The van der Waals surface area contributed by atoms with Crippen molar-refractivity contribution in [2.24, 2.45) is 0 Å². The summed E-state index contributed by atoms with van der Waals surface area (Å²) in [5.41, 5.74) is 0. The molecule has 0 bridgehead atoms. The standard InChI is InChI=1S/C6H5Cl.C2H4Cl2/c7-6-4-2-1-3-5-6;1-2(3)4/h1-5H;2H,1H3. The van der Waals surface area contributed by atoms with Crippen molar-refractivity contribution >= 4 is 34.8 Å². The van der Waals surface area contributed by atoms with Crippen LogP contribution in [0, 0.1) is 0 Å². The maximum absolute atomic E-state index is 5.54. The Morgan fingerprint density at radius 1 is 1.09 bits per heavy atom. The Morgan fingerprint density at radius 2 is 1.45 bits per heavy atom. The van der Waals surface area contributed by atoms with Crippen LogP contribution in [0.2, 0.25) is 5.02 Å². The molecule has 0 amide bonds. The van der Waals surface area contributed by atoms with Gasteiger partial charge in [-0.05, 0) is 19.1 Å². The number of benzene rings is 1. The van der Waals surface area contributed by atoms with Crippen molar-refractivity contribution in [3.05, 3.63) is 35.4 Å². The zero-order chi connectivity index (χ0) is 8.69. The fraction of sp³-hybridized carbons (Fsp3) is 0.250. The highest BCUT2D eigenvalue weighted by atomic mass is 35.5. The third kappa shape index (κ3) is 10.1. The van der Waals surface area contributed by atoms with Crippen LogP contribution in [-0.2, 0) is 0 Å². The number of rotatable bonds is 0. The topological polar surface area (TPSA) is 0 Å². The van der Waals surface area contributed by atoms with Gasteiger partial charge in [0.05, 0.1) is 0 Å². The van der Waals surface area contributed by atoms with Crippen LogP contribution in [0.5, 0.6) is 0 Å². The number of hydrogen-bond donors (Lipinski definition) is 0. The van der Waals surface area contributed by atoms with Crippen molar-refractivity contribution in [1.82, 2.24) is 0 Å². The molecular weight excluding hydrogens is 202 g/mol. The first-order chi connectivity index (χ1) is 5.13. The molecular formula is C8H9Cl3. The van der Waals surface area contributed by atoms with Crippen molar-refractivity contribution in [2.45, 2.75) is 11.8 Å². The van der Waals surface area contributed by atoms with E-state index in [0.29, 0.717) is 0 Å². The lowest BCUT2D eigenvalue weighted by molar-refractivity contribution is 1.39. The summed E-state index contributed by atoms with van der Waals surface area (Å²) in [6.45, 7) is 1.70. The molecule has 0 aliphatic rings. The van der Waals surface area contributed by atoms with Crippen LogP contribution in [0.1, 0.15) is 6.92 Å². The molecule has 3 heteroatoms. The lowest BCUT2D eigenvalue weighted by atomic mass is 10.4. The van der Waals surface area contributed by atoms with E-state index in [4.69, 9.17) is 34.8 Å². The number of halogens is 3. The fourth-order valence-electron chi connectivity index (χ4n) is 0.415. The van der Waals surface area contributed by atoms with Crippen LogP contribution in [0.15, 0.2) is 30.3 Å². The van der Waals surface area contributed by atoms with Gasteiger partial charge in [0.1, 0.15) is 4.84 Å². The molecule has 0 spiro atoms. The van der Waals surface area contributed by atoms with Gasteiger partial charge in [0.15, 0.2) is 0 Å². The molecule has 0 aliphatic heterocycles. The molecule has 0 atom stereocenters. The van der Waals surface area contributed by atoms with Crippen LogP contribution in [0.3, 0.4) is 0 Å². The van der Waals surface area contributed by atoms with E-state index in [-0.39, 0.29) is 4.84 Å². The molecule has 0 heterocycles. The van der Waals surface area contributed by atoms with Gasteiger partial charge >= 0.3 is 0 Å². The van der Waals surface area contributed by atoms with Gasteiger partial charge in [0.2, 0.25) is 0 Å². The van der Waals surface area contributed by atoms with E-state index in [1.807, 2.05) is 30.3 Å². The van der Waals surface area contributed by atoms with Crippen LogP contribution in [-0.4, -0.2) is 4.84 Å². The third-order valence-corrected chi connectivity index (χ3v) is 0.985. The van der Waals surface area contributed by atoms with Gasteiger partial charge in [-0.3, -0.25) is 0 Å². The minimum Gasteiger partial charge on any atom is -0.106 e. The lowest BCUT2D eigenvalue weighted by Gasteiger charge is -1.80. The Labute approximate surface area is 82.1 Å². The summed E-state index contributed by atoms with van der Waals surface area (Å²) >= 11 is 15.6. The molecule has 0 nitrogen and oxygen atoms in total. The van der Waals surface area contributed by atoms with E-state index >= 15 is 0 Å². The Kier molecular flexibility index (Phi) is 6.83. The molecule has 0 saturated carbocycles. The highest BCUT2D eigenvalue weighted by Gasteiger charge is 1.75. The molecule has 0 saturated heterocycles. The minimum atomic E-state index is -0.222. The van der Waals surface area contributed by atoms with E-state index in [1.165, 1.54) is 0 Å². The summed E-state index contributed by atoms with van der Waals surface area (Å²) in [5, 5.41) is 0.794. The zero-order valence-electron chi connectivity index (χ0n) is 6.10. The molecule has 1 rings (SSSR count). The van der Waals surface area contributed by atoms with Crippen molar-refractivity contribution < 1.29 is 0 Å². The van der Waals surface area contributed by atoms with Crippen LogP contribution < -0.4 is 0 Å². The first-order valence-corrected chi connectivity index (χ1v) is 4.36. The van der Waals surface area contributed by atoms with Crippen molar-refractivity contribution in [1.29, 1.82) is 0 Å². The summed E-state index contributed by atoms with van der Waals surface area (Å²) < 4.78 is 0. The maximum atomic E-state index is 5.54. The van der Waals surface area contributed by atoms with Gasteiger partial charge in [0, 0.05) is 5.02 Å². The molecule has 0 aliphatic carbocycles. The summed E-state index contributed by atoms with van der Waals surface area (Å²) in [7, 11) is 0. The Morgan fingerprint density at radius 3 is 1.64 bits per heavy atom. The van der Waals surface area contributed by atoms with Crippen molar-refractivity contribution in [3.8, 4) is 0 Å². The predicted molar refractivity (Wildman–Crippen MR) is 52.6 cm³/mol. The molecule has 11 heavy (non-hydrogen) atoms. The van der Waals surface area contributed by atoms with Crippen LogP contribution >= 0.6 is 34.8 Å². The SMILES string of the molecule is CC(Cl)Cl.Clc1ccccc1. The second-order valence-electron chi connectivity index (χ2n) is 1.81. The normalized spacial score (nSPS) is 8.82. The van der Waals surface area contributed by atoms with Gasteiger partial charge in [-0.25, -0.2) is 0 Å². The third-order valence-electron chi connectivity index (χ3n) is 0.733. The maximum Gasteiger partial charge on any atom is 0.105 e. The van der Waals surface area contributed by atoms with E-state index in [1.54, 1.807) is 6.92 Å². The quantitative estimate of drug-likeness (QED) is 0.566. The lowest BCUT2D eigenvalue weighted by Crippen LogP contribution is -1.63. The highest BCUT2D eigenvalue weighted by Crippen LogP contribution is 2.03. The average Bonchev–Trinajstić information content (AvgIpc) is 1.87. The minimum absolute atomic E-state index is 0.222. The van der Waals surface area contributed by atoms with Crippen molar-refractivity contribution in [2.75, 3.05) is 0 Å².